The number of rotatable bonds is 1. The molecule has 0 radical (unpaired) electrons. The van der Waals surface area contributed by atoms with Gasteiger partial charge in [-0.2, -0.15) is 0 Å². The van der Waals surface area contributed by atoms with Crippen molar-refractivity contribution in [1.29, 1.82) is 0 Å². The Hall–Kier alpha value is -1.84. The van der Waals surface area contributed by atoms with Crippen molar-refractivity contribution < 1.29 is 19.2 Å². The van der Waals surface area contributed by atoms with E-state index >= 15 is 0 Å². The third kappa shape index (κ3) is 1.08. The van der Waals surface area contributed by atoms with Crippen molar-refractivity contribution in [2.24, 2.45) is 11.8 Å². The maximum atomic E-state index is 11.2. The first-order valence-electron chi connectivity index (χ1n) is 4.13. The Morgan fingerprint density at radius 1 is 0.571 bits per heavy atom. The molecule has 0 atom stereocenters. The van der Waals surface area contributed by atoms with Gasteiger partial charge in [0.05, 0.1) is 0 Å². The molecule has 0 heterocycles. The molecule has 0 N–H and O–H groups in total. The Labute approximate surface area is 79.3 Å². The second kappa shape index (κ2) is 2.83. The average Bonchev–Trinajstić information content (AvgIpc) is 2.60. The van der Waals surface area contributed by atoms with Gasteiger partial charge in [-0.1, -0.05) is 0 Å². The highest BCUT2D eigenvalue weighted by Crippen LogP contribution is 2.26. The summed E-state index contributed by atoms with van der Waals surface area (Å²) in [4.78, 5) is 44.9. The fourth-order valence-corrected chi connectivity index (χ4v) is 1.68. The van der Waals surface area contributed by atoms with Crippen LogP contribution >= 0.6 is 0 Å². The van der Waals surface area contributed by atoms with E-state index in [9.17, 15) is 19.2 Å². The monoisotopic (exact) mass is 190 g/mol. The van der Waals surface area contributed by atoms with Gasteiger partial charge < -0.3 is 0 Å². The van der Waals surface area contributed by atoms with Gasteiger partial charge >= 0.3 is 0 Å². The average molecular weight is 190 g/mol. The molecule has 0 aliphatic heterocycles. The first-order valence-corrected chi connectivity index (χ1v) is 4.13. The molecule has 0 aromatic carbocycles. The molecule has 0 bridgehead atoms. The molecular weight excluding hydrogens is 184 g/mol. The van der Waals surface area contributed by atoms with Crippen LogP contribution in [0, 0.1) is 11.8 Å². The van der Waals surface area contributed by atoms with Crippen LogP contribution in [0.5, 0.6) is 0 Å². The molecule has 0 unspecified atom stereocenters. The molecular formula is C10H6O4. The standard InChI is InChI=1S/C10H6O4/c11-5-1-2-6(12)9(5)10-7(13)3-4-8(10)14/h1-4,9-10H. The predicted octanol–water partition coefficient (Wildman–Crippen LogP) is -0.365. The van der Waals surface area contributed by atoms with E-state index in [0.717, 1.165) is 24.3 Å². The van der Waals surface area contributed by atoms with Crippen molar-refractivity contribution in [3.05, 3.63) is 24.3 Å². The van der Waals surface area contributed by atoms with Crippen LogP contribution in [0.15, 0.2) is 24.3 Å². The Morgan fingerprint density at radius 3 is 1.00 bits per heavy atom. The first kappa shape index (κ1) is 8.74. The van der Waals surface area contributed by atoms with Crippen molar-refractivity contribution in [2.45, 2.75) is 0 Å². The summed E-state index contributed by atoms with van der Waals surface area (Å²) in [5.41, 5.74) is 0. The number of hydrogen-bond donors (Lipinski definition) is 0. The summed E-state index contributed by atoms with van der Waals surface area (Å²) >= 11 is 0. The molecule has 0 spiro atoms. The van der Waals surface area contributed by atoms with Gasteiger partial charge in [0.15, 0.2) is 23.1 Å². The van der Waals surface area contributed by atoms with E-state index in [1.54, 1.807) is 0 Å². The minimum atomic E-state index is -1.11. The summed E-state index contributed by atoms with van der Waals surface area (Å²) in [5.74, 6) is -4.03. The molecule has 4 heteroatoms. The lowest BCUT2D eigenvalue weighted by Gasteiger charge is -2.11. The van der Waals surface area contributed by atoms with Crippen LogP contribution in [-0.4, -0.2) is 23.1 Å². The number of hydrogen-bond acceptors (Lipinski definition) is 4. The highest BCUT2D eigenvalue weighted by atomic mass is 16.2. The summed E-state index contributed by atoms with van der Waals surface area (Å²) in [6, 6.07) is 0. The fraction of sp³-hybridized carbons (Fsp3) is 0.200. The quantitative estimate of drug-likeness (QED) is 0.529. The number of ketones is 4. The van der Waals surface area contributed by atoms with E-state index < -0.39 is 35.0 Å². The third-order valence-electron chi connectivity index (χ3n) is 2.38. The molecule has 70 valence electrons. The minimum absolute atomic E-state index is 0.453. The van der Waals surface area contributed by atoms with Gasteiger partial charge in [0, 0.05) is 0 Å². The lowest BCUT2D eigenvalue weighted by Crippen LogP contribution is -2.33. The minimum Gasteiger partial charge on any atom is -0.294 e. The fourth-order valence-electron chi connectivity index (χ4n) is 1.68. The molecule has 0 fully saturated rings. The second-order valence-electron chi connectivity index (χ2n) is 3.23. The van der Waals surface area contributed by atoms with Crippen LogP contribution in [0.3, 0.4) is 0 Å². The van der Waals surface area contributed by atoms with Crippen molar-refractivity contribution in [1.82, 2.24) is 0 Å². The van der Waals surface area contributed by atoms with E-state index in [4.69, 9.17) is 0 Å². The van der Waals surface area contributed by atoms with Gasteiger partial charge in [-0.3, -0.25) is 19.2 Å². The van der Waals surface area contributed by atoms with Crippen LogP contribution in [-0.2, 0) is 19.2 Å². The van der Waals surface area contributed by atoms with Crippen molar-refractivity contribution in [2.75, 3.05) is 0 Å². The molecule has 0 aromatic rings. The van der Waals surface area contributed by atoms with Gasteiger partial charge in [0.2, 0.25) is 0 Å². The van der Waals surface area contributed by atoms with E-state index in [2.05, 4.69) is 0 Å². The smallest absolute Gasteiger partial charge is 0.167 e. The Kier molecular flexibility index (Phi) is 1.77. The van der Waals surface area contributed by atoms with Gasteiger partial charge in [0.1, 0.15) is 11.8 Å². The zero-order valence-corrected chi connectivity index (χ0v) is 7.10. The molecule has 0 amide bonds. The molecule has 2 rings (SSSR count). The first-order chi connectivity index (χ1) is 6.61. The van der Waals surface area contributed by atoms with Crippen molar-refractivity contribution in [3.8, 4) is 0 Å². The second-order valence-corrected chi connectivity index (χ2v) is 3.23. The molecule has 2 aliphatic rings. The molecule has 0 saturated heterocycles. The highest BCUT2D eigenvalue weighted by Gasteiger charge is 2.44. The topological polar surface area (TPSA) is 68.3 Å². The van der Waals surface area contributed by atoms with Crippen LogP contribution in [0.1, 0.15) is 0 Å². The van der Waals surface area contributed by atoms with Gasteiger partial charge in [0.25, 0.3) is 0 Å². The summed E-state index contributed by atoms with van der Waals surface area (Å²) < 4.78 is 0. The van der Waals surface area contributed by atoms with E-state index in [1.165, 1.54) is 0 Å². The summed E-state index contributed by atoms with van der Waals surface area (Å²) in [6.45, 7) is 0. The maximum absolute atomic E-state index is 11.2. The normalized spacial score (nSPS) is 23.1. The summed E-state index contributed by atoms with van der Waals surface area (Å²) in [6.07, 6.45) is 4.47. The van der Waals surface area contributed by atoms with E-state index in [-0.39, 0.29) is 0 Å². The van der Waals surface area contributed by atoms with Crippen LogP contribution in [0.4, 0.5) is 0 Å². The van der Waals surface area contributed by atoms with Gasteiger partial charge in [-0.05, 0) is 24.3 Å². The lowest BCUT2D eigenvalue weighted by molar-refractivity contribution is -0.138. The van der Waals surface area contributed by atoms with Crippen LogP contribution in [0.2, 0.25) is 0 Å². The summed E-state index contributed by atoms with van der Waals surface area (Å²) in [5, 5.41) is 0. The Bertz CT molecular complexity index is 338. The Balaban J connectivity index is 2.33. The van der Waals surface area contributed by atoms with Crippen LogP contribution < -0.4 is 0 Å². The molecule has 0 saturated carbocycles. The van der Waals surface area contributed by atoms with Gasteiger partial charge in [-0.25, -0.2) is 0 Å². The highest BCUT2D eigenvalue weighted by molar-refractivity contribution is 6.28. The molecule has 14 heavy (non-hydrogen) atoms. The lowest BCUT2D eigenvalue weighted by atomic mass is 9.85. The Morgan fingerprint density at radius 2 is 0.786 bits per heavy atom. The third-order valence-corrected chi connectivity index (χ3v) is 2.38. The summed E-state index contributed by atoms with van der Waals surface area (Å²) in [7, 11) is 0. The molecule has 0 aromatic heterocycles. The maximum Gasteiger partial charge on any atom is 0.167 e. The van der Waals surface area contributed by atoms with E-state index in [0.29, 0.717) is 0 Å². The van der Waals surface area contributed by atoms with Crippen LogP contribution in [0.25, 0.3) is 0 Å². The molecule has 2 aliphatic carbocycles. The molecule has 4 nitrogen and oxygen atoms in total. The zero-order valence-electron chi connectivity index (χ0n) is 7.10. The van der Waals surface area contributed by atoms with E-state index in [1.807, 2.05) is 0 Å². The number of carbonyl (C=O) groups is 4. The zero-order chi connectivity index (χ0) is 10.3. The van der Waals surface area contributed by atoms with Crippen molar-refractivity contribution >= 4 is 23.1 Å². The number of carbonyl (C=O) groups excluding carboxylic acids is 4. The SMILES string of the molecule is O=C1C=CC(=O)C1C1C(=O)C=CC1=O. The van der Waals surface area contributed by atoms with Gasteiger partial charge in [-0.15, -0.1) is 0 Å². The van der Waals surface area contributed by atoms with Crippen molar-refractivity contribution in [3.63, 3.8) is 0 Å². The largest absolute Gasteiger partial charge is 0.294 e. The predicted molar refractivity (Wildman–Crippen MR) is 45.3 cm³/mol. The number of allylic oxidation sites excluding steroid dienone is 4.